The van der Waals surface area contributed by atoms with Gasteiger partial charge in [-0.3, -0.25) is 14.6 Å². The molecule has 0 N–H and O–H groups in total. The van der Waals surface area contributed by atoms with E-state index in [1.54, 1.807) is 0 Å². The molecule has 2 heterocycles. The molecule has 2 saturated heterocycles. The van der Waals surface area contributed by atoms with E-state index in [9.17, 15) is 4.79 Å². The third-order valence-corrected chi connectivity index (χ3v) is 6.29. The number of benzene rings is 1. The summed E-state index contributed by atoms with van der Waals surface area (Å²) in [6.45, 7) is 9.69. The molecule has 0 bridgehead atoms. The third kappa shape index (κ3) is 4.47. The molecule has 2 aliphatic rings. The normalized spacial score (nSPS) is 25.9. The average molecular weight is 358 g/mol. The fourth-order valence-electron chi connectivity index (χ4n) is 4.49. The van der Waals surface area contributed by atoms with E-state index in [0.717, 1.165) is 52.0 Å². The summed E-state index contributed by atoms with van der Waals surface area (Å²) in [5.41, 5.74) is 2.99. The Hall–Kier alpha value is -1.39. The van der Waals surface area contributed by atoms with Crippen molar-refractivity contribution in [1.29, 1.82) is 0 Å². The van der Waals surface area contributed by atoms with Crippen molar-refractivity contribution in [3.05, 3.63) is 35.4 Å². The van der Waals surface area contributed by atoms with Gasteiger partial charge in [0.2, 0.25) is 5.91 Å². The van der Waals surface area contributed by atoms with Gasteiger partial charge in [-0.1, -0.05) is 38.1 Å². The van der Waals surface area contributed by atoms with Gasteiger partial charge in [0, 0.05) is 51.7 Å². The number of rotatable bonds is 4. The molecule has 0 aromatic heterocycles. The van der Waals surface area contributed by atoms with E-state index < -0.39 is 0 Å². The smallest absolute Gasteiger partial charge is 0.222 e. The number of likely N-dealkylation sites (tertiary alicyclic amines) is 1. The lowest BCUT2D eigenvalue weighted by Crippen LogP contribution is -2.60. The minimum Gasteiger partial charge on any atom is -0.346 e. The van der Waals surface area contributed by atoms with Gasteiger partial charge in [-0.2, -0.15) is 0 Å². The second-order valence-corrected chi connectivity index (χ2v) is 8.84. The second-order valence-electron chi connectivity index (χ2n) is 8.84. The first-order chi connectivity index (χ1) is 12.4. The summed E-state index contributed by atoms with van der Waals surface area (Å²) in [5.74, 6) is 1.00. The zero-order valence-corrected chi connectivity index (χ0v) is 17.0. The van der Waals surface area contributed by atoms with E-state index in [1.165, 1.54) is 11.1 Å². The molecular weight excluding hydrogens is 322 g/mol. The molecule has 1 amide bonds. The van der Waals surface area contributed by atoms with Crippen LogP contribution in [0.4, 0.5) is 0 Å². The van der Waals surface area contributed by atoms with Crippen LogP contribution in [0.2, 0.25) is 0 Å². The molecule has 0 radical (unpaired) electrons. The number of amides is 1. The number of likely N-dealkylation sites (N-methyl/N-ethyl adjacent to an activating group) is 1. The lowest BCUT2D eigenvalue weighted by molar-refractivity contribution is -0.129. The first kappa shape index (κ1) is 19.4. The molecule has 26 heavy (non-hydrogen) atoms. The maximum absolute atomic E-state index is 12.1. The maximum atomic E-state index is 12.1. The lowest BCUT2D eigenvalue weighted by atomic mass is 9.86. The number of nitrogens with zero attached hydrogens (tertiary/aromatic N) is 3. The minimum absolute atomic E-state index is 0.149. The minimum atomic E-state index is 0.149. The van der Waals surface area contributed by atoms with Crippen LogP contribution in [-0.4, -0.2) is 66.4 Å². The predicted molar refractivity (Wildman–Crippen MR) is 107 cm³/mol. The Morgan fingerprint density at radius 2 is 1.69 bits per heavy atom. The van der Waals surface area contributed by atoms with Crippen LogP contribution in [0.15, 0.2) is 24.3 Å². The number of hydrogen-bond acceptors (Lipinski definition) is 3. The summed E-state index contributed by atoms with van der Waals surface area (Å²) in [4.78, 5) is 19.1. The topological polar surface area (TPSA) is 26.8 Å². The van der Waals surface area contributed by atoms with Crippen LogP contribution in [0.1, 0.15) is 44.2 Å². The molecule has 4 heteroatoms. The van der Waals surface area contributed by atoms with Gasteiger partial charge in [-0.25, -0.2) is 0 Å². The molecule has 4 nitrogen and oxygen atoms in total. The molecule has 0 saturated carbocycles. The fraction of sp³-hybridized carbons (Fsp3) is 0.682. The van der Waals surface area contributed by atoms with E-state index in [-0.39, 0.29) is 5.54 Å². The Kier molecular flexibility index (Phi) is 6.03. The second kappa shape index (κ2) is 8.10. The monoisotopic (exact) mass is 357 g/mol. The Balaban J connectivity index is 1.65. The van der Waals surface area contributed by atoms with Crippen LogP contribution >= 0.6 is 0 Å². The molecule has 3 rings (SSSR count). The number of piperazine rings is 1. The third-order valence-electron chi connectivity index (χ3n) is 6.29. The molecule has 2 fully saturated rings. The summed E-state index contributed by atoms with van der Waals surface area (Å²) in [6, 6.07) is 9.18. The summed E-state index contributed by atoms with van der Waals surface area (Å²) >= 11 is 0. The van der Waals surface area contributed by atoms with Crippen LogP contribution < -0.4 is 0 Å². The van der Waals surface area contributed by atoms with Crippen molar-refractivity contribution in [1.82, 2.24) is 14.7 Å². The Bertz CT molecular complexity index is 612. The first-order valence-electron chi connectivity index (χ1n) is 10.1. The number of hydrogen-bond donors (Lipinski definition) is 0. The number of carbonyl (C=O) groups excluding carboxylic acids is 1. The Morgan fingerprint density at radius 3 is 2.38 bits per heavy atom. The summed E-state index contributed by atoms with van der Waals surface area (Å²) in [5, 5.41) is 0. The highest BCUT2D eigenvalue weighted by Crippen LogP contribution is 2.32. The molecule has 2 aliphatic heterocycles. The van der Waals surface area contributed by atoms with Crippen LogP contribution in [0, 0.1) is 5.92 Å². The Morgan fingerprint density at radius 1 is 1.00 bits per heavy atom. The van der Waals surface area contributed by atoms with Gasteiger partial charge in [0.15, 0.2) is 0 Å². The molecule has 1 atom stereocenters. The van der Waals surface area contributed by atoms with E-state index in [2.05, 4.69) is 55.0 Å². The molecule has 1 spiro atoms. The predicted octanol–water partition coefficient (Wildman–Crippen LogP) is 3.01. The molecule has 1 aromatic rings. The van der Waals surface area contributed by atoms with Crippen molar-refractivity contribution < 1.29 is 4.79 Å². The molecule has 0 aliphatic carbocycles. The van der Waals surface area contributed by atoms with Gasteiger partial charge >= 0.3 is 0 Å². The zero-order chi connectivity index (χ0) is 18.7. The van der Waals surface area contributed by atoms with Crippen molar-refractivity contribution >= 4 is 5.91 Å². The van der Waals surface area contributed by atoms with E-state index in [0.29, 0.717) is 18.2 Å². The SMILES string of the molecule is CC(C)Cc1ccc(CN2CCN(C)[C@@]3(CCC(=O)N(C)CC3)C2)cc1. The number of carbonyl (C=O) groups is 1. The first-order valence-corrected chi connectivity index (χ1v) is 10.1. The Labute approximate surface area is 159 Å². The largest absolute Gasteiger partial charge is 0.346 e. The van der Waals surface area contributed by atoms with Gasteiger partial charge in [-0.15, -0.1) is 0 Å². The average Bonchev–Trinajstić information content (AvgIpc) is 2.74. The molecule has 0 unspecified atom stereocenters. The van der Waals surface area contributed by atoms with Crippen molar-refractivity contribution in [2.75, 3.05) is 40.3 Å². The molecule has 144 valence electrons. The van der Waals surface area contributed by atoms with Crippen LogP contribution in [0.25, 0.3) is 0 Å². The summed E-state index contributed by atoms with van der Waals surface area (Å²) in [6.07, 6.45) is 3.89. The van der Waals surface area contributed by atoms with Crippen LogP contribution in [-0.2, 0) is 17.8 Å². The highest BCUT2D eigenvalue weighted by Gasteiger charge is 2.41. The highest BCUT2D eigenvalue weighted by atomic mass is 16.2. The quantitative estimate of drug-likeness (QED) is 0.829. The van der Waals surface area contributed by atoms with Crippen LogP contribution in [0.5, 0.6) is 0 Å². The lowest BCUT2D eigenvalue weighted by Gasteiger charge is -2.49. The van der Waals surface area contributed by atoms with Gasteiger partial charge in [0.25, 0.3) is 0 Å². The highest BCUT2D eigenvalue weighted by molar-refractivity contribution is 5.76. The molecular formula is C22H35N3O. The van der Waals surface area contributed by atoms with Gasteiger partial charge in [0.1, 0.15) is 0 Å². The van der Waals surface area contributed by atoms with Crippen LogP contribution in [0.3, 0.4) is 0 Å². The van der Waals surface area contributed by atoms with Crippen molar-refractivity contribution in [3.8, 4) is 0 Å². The maximum Gasteiger partial charge on any atom is 0.222 e. The van der Waals surface area contributed by atoms with Crippen molar-refractivity contribution in [2.45, 2.75) is 51.6 Å². The van der Waals surface area contributed by atoms with Crippen molar-refractivity contribution in [3.63, 3.8) is 0 Å². The van der Waals surface area contributed by atoms with Gasteiger partial charge < -0.3 is 4.90 Å². The zero-order valence-electron chi connectivity index (χ0n) is 17.0. The van der Waals surface area contributed by atoms with E-state index in [1.807, 2.05) is 11.9 Å². The fourth-order valence-corrected chi connectivity index (χ4v) is 4.49. The summed E-state index contributed by atoms with van der Waals surface area (Å²) < 4.78 is 0. The van der Waals surface area contributed by atoms with Gasteiger partial charge in [-0.05, 0) is 43.4 Å². The standard InChI is InChI=1S/C22H35N3O/c1-18(2)15-19-5-7-20(8-6-19)16-25-14-13-24(4)22(17-25)10-9-21(26)23(3)12-11-22/h5-8,18H,9-17H2,1-4H3/t22-/m1/s1. The van der Waals surface area contributed by atoms with Crippen molar-refractivity contribution in [2.24, 2.45) is 5.92 Å². The van der Waals surface area contributed by atoms with Gasteiger partial charge in [0.05, 0.1) is 0 Å². The molecule has 1 aromatic carbocycles. The van der Waals surface area contributed by atoms with E-state index >= 15 is 0 Å². The summed E-state index contributed by atoms with van der Waals surface area (Å²) in [7, 11) is 4.19. The van der Waals surface area contributed by atoms with E-state index in [4.69, 9.17) is 0 Å².